The van der Waals surface area contributed by atoms with Crippen LogP contribution in [0.2, 0.25) is 0 Å². The number of amides is 1. The number of carbonyl (C=O) groups is 3. The van der Waals surface area contributed by atoms with Crippen molar-refractivity contribution in [3.63, 3.8) is 0 Å². The van der Waals surface area contributed by atoms with Crippen molar-refractivity contribution in [3.05, 3.63) is 60.2 Å². The van der Waals surface area contributed by atoms with Crippen LogP contribution >= 0.6 is 0 Å². The van der Waals surface area contributed by atoms with Gasteiger partial charge in [-0.1, -0.05) is 61.5 Å². The minimum atomic E-state index is -1.04. The first kappa shape index (κ1) is 21.2. The third-order valence-electron chi connectivity index (χ3n) is 4.52. The van der Waals surface area contributed by atoms with Gasteiger partial charge in [-0.05, 0) is 29.5 Å². The molecule has 0 radical (unpaired) electrons. The van der Waals surface area contributed by atoms with E-state index in [1.807, 2.05) is 54.6 Å². The van der Waals surface area contributed by atoms with Gasteiger partial charge in [0.25, 0.3) is 0 Å². The van der Waals surface area contributed by atoms with Gasteiger partial charge in [-0.3, -0.25) is 14.4 Å². The Bertz CT molecular complexity index is 801. The Morgan fingerprint density at radius 1 is 0.893 bits per heavy atom. The molecule has 2 aromatic carbocycles. The molecule has 0 aliphatic rings. The summed E-state index contributed by atoms with van der Waals surface area (Å²) in [5, 5.41) is 20.6. The zero-order valence-electron chi connectivity index (χ0n) is 15.8. The molecule has 0 saturated heterocycles. The van der Waals surface area contributed by atoms with E-state index < -0.39 is 17.9 Å². The number of rotatable bonds is 10. The third-order valence-corrected chi connectivity index (χ3v) is 4.52. The number of benzene rings is 2. The van der Waals surface area contributed by atoms with Crippen molar-refractivity contribution in [1.82, 2.24) is 5.32 Å². The quantitative estimate of drug-likeness (QED) is 0.584. The lowest BCUT2D eigenvalue weighted by molar-refractivity contribution is -0.141. The van der Waals surface area contributed by atoms with Gasteiger partial charge in [0.2, 0.25) is 5.91 Å². The van der Waals surface area contributed by atoms with Gasteiger partial charge in [-0.15, -0.1) is 0 Å². The summed E-state index contributed by atoms with van der Waals surface area (Å²) in [5.41, 5.74) is 3.15. The molecular weight excluding hydrogens is 358 g/mol. The fraction of sp³-hybridized carbons (Fsp3) is 0.318. The smallest absolute Gasteiger partial charge is 0.304 e. The van der Waals surface area contributed by atoms with E-state index in [0.717, 1.165) is 16.7 Å². The molecule has 0 bridgehead atoms. The molecule has 0 aromatic heterocycles. The number of nitrogens with one attached hydrogen (secondary N) is 1. The third kappa shape index (κ3) is 6.87. The Morgan fingerprint density at radius 2 is 1.50 bits per heavy atom. The highest BCUT2D eigenvalue weighted by molar-refractivity contribution is 5.83. The van der Waals surface area contributed by atoms with E-state index in [1.165, 1.54) is 0 Å². The second kappa shape index (κ2) is 10.3. The van der Waals surface area contributed by atoms with Crippen LogP contribution in [0.3, 0.4) is 0 Å². The zero-order valence-corrected chi connectivity index (χ0v) is 15.8. The lowest BCUT2D eigenvalue weighted by atomic mass is 9.97. The van der Waals surface area contributed by atoms with Crippen molar-refractivity contribution in [2.24, 2.45) is 5.92 Å². The first-order valence-electron chi connectivity index (χ1n) is 9.23. The van der Waals surface area contributed by atoms with Gasteiger partial charge in [-0.2, -0.15) is 0 Å². The summed E-state index contributed by atoms with van der Waals surface area (Å²) in [6.45, 7) is 1.55. The number of hydrogen-bond donors (Lipinski definition) is 3. The van der Waals surface area contributed by atoms with E-state index in [0.29, 0.717) is 6.42 Å². The highest BCUT2D eigenvalue weighted by Crippen LogP contribution is 2.20. The van der Waals surface area contributed by atoms with Crippen LogP contribution in [-0.2, 0) is 20.8 Å². The minimum Gasteiger partial charge on any atom is -0.481 e. The second-order valence-corrected chi connectivity index (χ2v) is 6.90. The van der Waals surface area contributed by atoms with Gasteiger partial charge < -0.3 is 15.5 Å². The standard InChI is InChI=1S/C22H25NO5/c1-15(13-21(26)27)22(28)23-19(11-12-20(24)25)14-16-7-9-18(10-8-16)17-5-3-2-4-6-17/h2-10,15,19H,11-14H2,1H3,(H,23,28)(H,24,25)(H,26,27). The van der Waals surface area contributed by atoms with E-state index in [9.17, 15) is 14.4 Å². The second-order valence-electron chi connectivity index (χ2n) is 6.90. The maximum Gasteiger partial charge on any atom is 0.304 e. The summed E-state index contributed by atoms with van der Waals surface area (Å²) < 4.78 is 0. The summed E-state index contributed by atoms with van der Waals surface area (Å²) in [4.78, 5) is 34.0. The summed E-state index contributed by atoms with van der Waals surface area (Å²) >= 11 is 0. The molecule has 2 atom stereocenters. The Kier molecular flexibility index (Phi) is 7.75. The highest BCUT2D eigenvalue weighted by Gasteiger charge is 2.21. The molecule has 0 aliphatic carbocycles. The molecule has 148 valence electrons. The van der Waals surface area contributed by atoms with Crippen LogP contribution in [-0.4, -0.2) is 34.1 Å². The van der Waals surface area contributed by atoms with E-state index in [-0.39, 0.29) is 31.2 Å². The van der Waals surface area contributed by atoms with Crippen molar-refractivity contribution >= 4 is 17.8 Å². The fourth-order valence-electron chi connectivity index (χ4n) is 2.97. The predicted molar refractivity (Wildman–Crippen MR) is 106 cm³/mol. The molecular formula is C22H25NO5. The lowest BCUT2D eigenvalue weighted by Gasteiger charge is -2.20. The number of carbonyl (C=O) groups excluding carboxylic acids is 1. The van der Waals surface area contributed by atoms with Gasteiger partial charge in [0.1, 0.15) is 0 Å². The topological polar surface area (TPSA) is 104 Å². The van der Waals surface area contributed by atoms with Crippen LogP contribution in [0.1, 0.15) is 31.7 Å². The summed E-state index contributed by atoms with van der Waals surface area (Å²) in [5.74, 6) is -3.03. The minimum absolute atomic E-state index is 0.0691. The Labute approximate surface area is 164 Å². The van der Waals surface area contributed by atoms with Gasteiger partial charge in [0, 0.05) is 18.4 Å². The van der Waals surface area contributed by atoms with E-state index in [2.05, 4.69) is 5.32 Å². The highest BCUT2D eigenvalue weighted by atomic mass is 16.4. The normalized spacial score (nSPS) is 12.8. The molecule has 2 aromatic rings. The average molecular weight is 383 g/mol. The summed E-state index contributed by atoms with van der Waals surface area (Å²) in [7, 11) is 0. The van der Waals surface area contributed by atoms with Gasteiger partial charge in [0.05, 0.1) is 6.42 Å². The first-order valence-corrected chi connectivity index (χ1v) is 9.23. The maximum absolute atomic E-state index is 12.2. The van der Waals surface area contributed by atoms with Crippen LogP contribution in [0.25, 0.3) is 11.1 Å². The van der Waals surface area contributed by atoms with Crippen molar-refractivity contribution in [2.45, 2.75) is 38.6 Å². The molecule has 0 heterocycles. The molecule has 2 unspecified atom stereocenters. The molecule has 0 fully saturated rings. The fourth-order valence-corrected chi connectivity index (χ4v) is 2.97. The van der Waals surface area contributed by atoms with Crippen LogP contribution < -0.4 is 5.32 Å². The van der Waals surface area contributed by atoms with Crippen molar-refractivity contribution in [2.75, 3.05) is 0 Å². The maximum atomic E-state index is 12.2. The summed E-state index contributed by atoms with van der Waals surface area (Å²) in [6.07, 6.45) is 0.429. The summed E-state index contributed by atoms with van der Waals surface area (Å²) in [6, 6.07) is 17.5. The molecule has 0 aliphatic heterocycles. The number of carboxylic acid groups (broad SMARTS) is 2. The molecule has 1 amide bonds. The molecule has 28 heavy (non-hydrogen) atoms. The van der Waals surface area contributed by atoms with E-state index in [1.54, 1.807) is 6.92 Å². The molecule has 3 N–H and O–H groups in total. The van der Waals surface area contributed by atoms with Crippen molar-refractivity contribution in [1.29, 1.82) is 0 Å². The SMILES string of the molecule is CC(CC(=O)O)C(=O)NC(CCC(=O)O)Cc1ccc(-c2ccccc2)cc1. The number of aliphatic carboxylic acids is 2. The van der Waals surface area contributed by atoms with Crippen molar-refractivity contribution < 1.29 is 24.6 Å². The largest absolute Gasteiger partial charge is 0.481 e. The van der Waals surface area contributed by atoms with E-state index in [4.69, 9.17) is 10.2 Å². The van der Waals surface area contributed by atoms with Crippen LogP contribution in [0.4, 0.5) is 0 Å². The molecule has 0 saturated carbocycles. The Hall–Kier alpha value is -3.15. The molecule has 6 heteroatoms. The molecule has 6 nitrogen and oxygen atoms in total. The monoisotopic (exact) mass is 383 g/mol. The zero-order chi connectivity index (χ0) is 20.5. The Balaban J connectivity index is 2.05. The first-order chi connectivity index (χ1) is 13.3. The Morgan fingerprint density at radius 3 is 2.07 bits per heavy atom. The van der Waals surface area contributed by atoms with Crippen LogP contribution in [0.5, 0.6) is 0 Å². The average Bonchev–Trinajstić information content (AvgIpc) is 2.66. The molecule has 2 rings (SSSR count). The number of carboxylic acids is 2. The molecule has 0 spiro atoms. The van der Waals surface area contributed by atoms with E-state index >= 15 is 0 Å². The number of hydrogen-bond acceptors (Lipinski definition) is 3. The van der Waals surface area contributed by atoms with Gasteiger partial charge >= 0.3 is 11.9 Å². The van der Waals surface area contributed by atoms with Gasteiger partial charge in [0.15, 0.2) is 0 Å². The lowest BCUT2D eigenvalue weighted by Crippen LogP contribution is -2.40. The van der Waals surface area contributed by atoms with Gasteiger partial charge in [-0.25, -0.2) is 0 Å². The van der Waals surface area contributed by atoms with Crippen LogP contribution in [0.15, 0.2) is 54.6 Å². The van der Waals surface area contributed by atoms with Crippen molar-refractivity contribution in [3.8, 4) is 11.1 Å². The van der Waals surface area contributed by atoms with Crippen LogP contribution in [0, 0.1) is 5.92 Å². The predicted octanol–water partition coefficient (Wildman–Crippen LogP) is 3.36.